The molecule has 1 amide bonds. The van der Waals surface area contributed by atoms with Gasteiger partial charge in [0.25, 0.3) is 5.91 Å². The summed E-state index contributed by atoms with van der Waals surface area (Å²) in [7, 11) is 0. The topological polar surface area (TPSA) is 77.1 Å². The number of aryl methyl sites for hydroxylation is 2. The molecular weight excluding hydrogens is 550 g/mol. The number of nitrogens with one attached hydrogen (secondary N) is 1. The zero-order valence-electron chi connectivity index (χ0n) is 21.9. The molecule has 7 nitrogen and oxygen atoms in total. The van der Waals surface area contributed by atoms with E-state index in [1.165, 1.54) is 12.1 Å². The van der Waals surface area contributed by atoms with E-state index in [2.05, 4.69) is 20.5 Å². The van der Waals surface area contributed by atoms with Crippen molar-refractivity contribution in [1.29, 1.82) is 0 Å². The minimum atomic E-state index is -5.96. The number of amides is 1. The van der Waals surface area contributed by atoms with Crippen molar-refractivity contribution in [3.8, 4) is 11.3 Å². The van der Waals surface area contributed by atoms with E-state index in [4.69, 9.17) is 0 Å². The SMILES string of the molecule is Cc1ccc(Cn2nc(C)c(NC(=O)c3cc4nc(-c5ccc(F)cc5)cc(C(F)(F)C(F)(F)F)n4n3)c2C)cc1. The van der Waals surface area contributed by atoms with Gasteiger partial charge >= 0.3 is 12.1 Å². The van der Waals surface area contributed by atoms with E-state index in [0.29, 0.717) is 29.7 Å². The number of halogens is 6. The van der Waals surface area contributed by atoms with Crippen molar-refractivity contribution in [3.63, 3.8) is 0 Å². The molecule has 0 aliphatic heterocycles. The Hall–Kier alpha value is -4.68. The number of nitrogens with zero attached hydrogens (tertiary/aromatic N) is 5. The van der Waals surface area contributed by atoms with Gasteiger partial charge in [0.05, 0.1) is 29.3 Å². The van der Waals surface area contributed by atoms with E-state index in [9.17, 15) is 31.1 Å². The average molecular weight is 573 g/mol. The van der Waals surface area contributed by atoms with Crippen molar-refractivity contribution in [2.75, 3.05) is 5.32 Å². The maximum Gasteiger partial charge on any atom is 0.459 e. The largest absolute Gasteiger partial charge is 0.459 e. The summed E-state index contributed by atoms with van der Waals surface area (Å²) in [6.07, 6.45) is -5.96. The van der Waals surface area contributed by atoms with Gasteiger partial charge in [-0.3, -0.25) is 9.48 Å². The third-order valence-electron chi connectivity index (χ3n) is 6.55. The highest BCUT2D eigenvalue weighted by Gasteiger charge is 2.60. The molecular formula is C28H22F6N6O. The average Bonchev–Trinajstić information content (AvgIpc) is 3.45. The Kier molecular flexibility index (Phi) is 6.84. The minimum Gasteiger partial charge on any atom is -0.317 e. The molecule has 0 saturated carbocycles. The van der Waals surface area contributed by atoms with Crippen LogP contribution in [0.15, 0.2) is 60.7 Å². The molecule has 0 unspecified atom stereocenters. The molecule has 0 aliphatic carbocycles. The first-order valence-corrected chi connectivity index (χ1v) is 12.3. The van der Waals surface area contributed by atoms with Gasteiger partial charge in [-0.2, -0.15) is 32.1 Å². The van der Waals surface area contributed by atoms with Gasteiger partial charge in [-0.25, -0.2) is 13.9 Å². The van der Waals surface area contributed by atoms with Crippen molar-refractivity contribution >= 4 is 17.2 Å². The Labute approximate surface area is 229 Å². The number of aromatic nitrogens is 5. The van der Waals surface area contributed by atoms with Crippen molar-refractivity contribution in [1.82, 2.24) is 24.4 Å². The van der Waals surface area contributed by atoms with E-state index in [0.717, 1.165) is 29.3 Å². The number of benzene rings is 2. The second kappa shape index (κ2) is 10.1. The van der Waals surface area contributed by atoms with Gasteiger partial charge in [0.1, 0.15) is 11.5 Å². The molecule has 3 aromatic heterocycles. The monoisotopic (exact) mass is 572 g/mol. The van der Waals surface area contributed by atoms with E-state index in [1.807, 2.05) is 31.2 Å². The first-order valence-electron chi connectivity index (χ1n) is 12.3. The normalized spacial score (nSPS) is 12.2. The molecule has 212 valence electrons. The molecule has 3 heterocycles. The zero-order valence-corrected chi connectivity index (χ0v) is 21.9. The Morgan fingerprint density at radius 3 is 2.20 bits per heavy atom. The first kappa shape index (κ1) is 27.9. The summed E-state index contributed by atoms with van der Waals surface area (Å²) in [6.45, 7) is 5.78. The van der Waals surface area contributed by atoms with Crippen LogP contribution in [0, 0.1) is 26.6 Å². The van der Waals surface area contributed by atoms with E-state index in [-0.39, 0.29) is 15.8 Å². The van der Waals surface area contributed by atoms with Gasteiger partial charge in [0, 0.05) is 11.6 Å². The Morgan fingerprint density at radius 2 is 1.56 bits per heavy atom. The summed E-state index contributed by atoms with van der Waals surface area (Å²) in [5, 5.41) is 10.8. The summed E-state index contributed by atoms with van der Waals surface area (Å²) in [4.78, 5) is 17.3. The molecule has 0 radical (unpaired) electrons. The lowest BCUT2D eigenvalue weighted by molar-refractivity contribution is -0.291. The maximum absolute atomic E-state index is 14.6. The summed E-state index contributed by atoms with van der Waals surface area (Å²) >= 11 is 0. The summed E-state index contributed by atoms with van der Waals surface area (Å²) < 4.78 is 84.8. The number of alkyl halides is 5. The Balaban J connectivity index is 1.52. The first-order chi connectivity index (χ1) is 19.2. The fraction of sp³-hybridized carbons (Fsp3) is 0.214. The van der Waals surface area contributed by atoms with Crippen molar-refractivity contribution < 1.29 is 31.1 Å². The van der Waals surface area contributed by atoms with Crippen LogP contribution in [-0.4, -0.2) is 36.5 Å². The van der Waals surface area contributed by atoms with Gasteiger partial charge in [-0.05, 0) is 56.7 Å². The third kappa shape index (κ3) is 5.26. The number of hydrogen-bond donors (Lipinski definition) is 1. The van der Waals surface area contributed by atoms with Crippen molar-refractivity contribution in [2.45, 2.75) is 39.4 Å². The molecule has 0 aliphatic rings. The predicted molar refractivity (Wildman–Crippen MR) is 138 cm³/mol. The van der Waals surface area contributed by atoms with Crippen LogP contribution in [0.25, 0.3) is 16.9 Å². The van der Waals surface area contributed by atoms with Gasteiger partial charge in [-0.15, -0.1) is 0 Å². The summed E-state index contributed by atoms with van der Waals surface area (Å²) in [5.74, 6) is -6.83. The maximum atomic E-state index is 14.6. The van der Waals surface area contributed by atoms with Gasteiger partial charge in [-0.1, -0.05) is 29.8 Å². The van der Waals surface area contributed by atoms with E-state index >= 15 is 0 Å². The molecule has 41 heavy (non-hydrogen) atoms. The number of fused-ring (bicyclic) bond motifs is 1. The van der Waals surface area contributed by atoms with Crippen LogP contribution >= 0.6 is 0 Å². The van der Waals surface area contributed by atoms with Crippen LogP contribution < -0.4 is 5.32 Å². The number of anilines is 1. The van der Waals surface area contributed by atoms with Crippen LogP contribution in [-0.2, 0) is 12.5 Å². The number of rotatable bonds is 6. The molecule has 1 N–H and O–H groups in total. The van der Waals surface area contributed by atoms with Crippen LogP contribution in [0.2, 0.25) is 0 Å². The molecule has 0 atom stereocenters. The number of hydrogen-bond acceptors (Lipinski definition) is 4. The number of carbonyl (C=O) groups is 1. The number of carbonyl (C=O) groups excluding carboxylic acids is 1. The lowest BCUT2D eigenvalue weighted by Gasteiger charge is -2.21. The Morgan fingerprint density at radius 1 is 0.902 bits per heavy atom. The van der Waals surface area contributed by atoms with Crippen LogP contribution in [0.1, 0.15) is 38.7 Å². The highest BCUT2D eigenvalue weighted by molar-refractivity contribution is 6.04. The van der Waals surface area contributed by atoms with E-state index < -0.39 is 40.9 Å². The van der Waals surface area contributed by atoms with Gasteiger partial charge < -0.3 is 5.32 Å². The van der Waals surface area contributed by atoms with Crippen LogP contribution in [0.5, 0.6) is 0 Å². The molecule has 0 saturated heterocycles. The third-order valence-corrected chi connectivity index (χ3v) is 6.55. The molecule has 5 rings (SSSR count). The molecule has 0 fully saturated rings. The minimum absolute atomic E-state index is 0.0903. The molecule has 2 aromatic carbocycles. The quantitative estimate of drug-likeness (QED) is 0.232. The van der Waals surface area contributed by atoms with Crippen molar-refractivity contribution in [3.05, 3.63) is 100 Å². The highest BCUT2D eigenvalue weighted by atomic mass is 19.4. The lowest BCUT2D eigenvalue weighted by Crippen LogP contribution is -2.36. The Bertz CT molecular complexity index is 1750. The van der Waals surface area contributed by atoms with Gasteiger partial charge in [0.2, 0.25) is 0 Å². The fourth-order valence-corrected chi connectivity index (χ4v) is 4.30. The summed E-state index contributed by atoms with van der Waals surface area (Å²) in [5.41, 5.74) is 0.858. The standard InChI is InChI=1S/C28H22F6N6O/c1-15-4-6-18(7-5-15)14-39-17(3)25(16(2)37-39)36-26(41)22-13-24-35-21(19-8-10-20(29)11-9-19)12-23(40(24)38-22)27(30,31)28(32,33)34/h4-13H,14H2,1-3H3,(H,36,41). The molecule has 5 aromatic rings. The smallest absolute Gasteiger partial charge is 0.317 e. The molecule has 0 bridgehead atoms. The molecule has 0 spiro atoms. The van der Waals surface area contributed by atoms with Crippen molar-refractivity contribution in [2.24, 2.45) is 0 Å². The van der Waals surface area contributed by atoms with Gasteiger partial charge in [0.15, 0.2) is 11.3 Å². The van der Waals surface area contributed by atoms with Crippen LogP contribution in [0.3, 0.4) is 0 Å². The zero-order chi connectivity index (χ0) is 29.7. The molecule has 13 heteroatoms. The van der Waals surface area contributed by atoms with E-state index in [1.54, 1.807) is 18.5 Å². The second-order valence-electron chi connectivity index (χ2n) is 9.55. The fourth-order valence-electron chi connectivity index (χ4n) is 4.30. The van der Waals surface area contributed by atoms with Crippen LogP contribution in [0.4, 0.5) is 32.0 Å². The predicted octanol–water partition coefficient (Wildman–Crippen LogP) is 6.61. The summed E-state index contributed by atoms with van der Waals surface area (Å²) in [6, 6.07) is 13.7. The second-order valence-corrected chi connectivity index (χ2v) is 9.55. The highest BCUT2D eigenvalue weighted by Crippen LogP contribution is 2.44. The lowest BCUT2D eigenvalue weighted by atomic mass is 10.1.